The van der Waals surface area contributed by atoms with Crippen LogP contribution in [0, 0.1) is 0 Å². The molecule has 0 radical (unpaired) electrons. The molecule has 6 nitrogen and oxygen atoms in total. The van der Waals surface area contributed by atoms with Gasteiger partial charge < -0.3 is 24.7 Å². The highest BCUT2D eigenvalue weighted by Crippen LogP contribution is 2.36. The molecule has 1 aromatic carbocycles. The number of carbonyl (C=O) groups is 1. The van der Waals surface area contributed by atoms with Gasteiger partial charge in [-0.3, -0.25) is 4.79 Å². The van der Waals surface area contributed by atoms with Crippen molar-refractivity contribution in [3.8, 4) is 17.2 Å². The molecule has 110 valence electrons. The first-order chi connectivity index (χ1) is 9.65. The van der Waals surface area contributed by atoms with E-state index in [2.05, 4.69) is 4.74 Å². The van der Waals surface area contributed by atoms with Crippen LogP contribution in [0.15, 0.2) is 12.1 Å². The zero-order valence-corrected chi connectivity index (χ0v) is 11.7. The molecule has 1 atom stereocenters. The summed E-state index contributed by atoms with van der Waals surface area (Å²) in [5, 5.41) is 0. The molecule has 1 heterocycles. The second kappa shape index (κ2) is 6.47. The molecule has 0 saturated carbocycles. The SMILES string of the molecule is COC(=O)C(N)Cc1cc2c(cc1OC)OCCCO2. The van der Waals surface area contributed by atoms with Crippen LogP contribution in [0.4, 0.5) is 0 Å². The van der Waals surface area contributed by atoms with E-state index in [0.717, 1.165) is 12.0 Å². The molecular weight excluding hydrogens is 262 g/mol. The fourth-order valence-electron chi connectivity index (χ4n) is 2.05. The average Bonchev–Trinajstić information content (AvgIpc) is 2.70. The standard InChI is InChI=1S/C14H19NO5/c1-17-11-8-13-12(19-4-3-5-20-13)7-9(11)6-10(15)14(16)18-2/h7-8,10H,3-6,15H2,1-2H3. The molecule has 0 saturated heterocycles. The summed E-state index contributed by atoms with van der Waals surface area (Å²) in [6, 6.07) is 2.83. The lowest BCUT2D eigenvalue weighted by Crippen LogP contribution is -2.33. The number of esters is 1. The molecule has 0 fully saturated rings. The summed E-state index contributed by atoms with van der Waals surface area (Å²) in [5.74, 6) is 1.46. The maximum atomic E-state index is 11.4. The maximum Gasteiger partial charge on any atom is 0.322 e. The van der Waals surface area contributed by atoms with Crippen molar-refractivity contribution in [3.05, 3.63) is 17.7 Å². The molecule has 0 aromatic heterocycles. The van der Waals surface area contributed by atoms with Gasteiger partial charge in [-0.1, -0.05) is 0 Å². The van der Waals surface area contributed by atoms with Crippen molar-refractivity contribution < 1.29 is 23.7 Å². The number of hydrogen-bond acceptors (Lipinski definition) is 6. The first kappa shape index (κ1) is 14.5. The summed E-state index contributed by atoms with van der Waals surface area (Å²) in [4.78, 5) is 11.4. The third-order valence-electron chi connectivity index (χ3n) is 3.09. The molecule has 0 aliphatic carbocycles. The predicted octanol–water partition coefficient (Wildman–Crippen LogP) is 0.899. The van der Waals surface area contributed by atoms with Gasteiger partial charge in [-0.05, 0) is 6.07 Å². The van der Waals surface area contributed by atoms with E-state index in [1.54, 1.807) is 13.2 Å². The predicted molar refractivity (Wildman–Crippen MR) is 72.3 cm³/mol. The Balaban J connectivity index is 2.27. The van der Waals surface area contributed by atoms with Crippen LogP contribution in [0.25, 0.3) is 0 Å². The van der Waals surface area contributed by atoms with Crippen molar-refractivity contribution in [2.24, 2.45) is 5.73 Å². The number of nitrogens with two attached hydrogens (primary N) is 1. The third-order valence-corrected chi connectivity index (χ3v) is 3.09. The summed E-state index contributed by atoms with van der Waals surface area (Å²) in [7, 11) is 2.87. The van der Waals surface area contributed by atoms with Crippen molar-refractivity contribution in [2.75, 3.05) is 27.4 Å². The van der Waals surface area contributed by atoms with Crippen molar-refractivity contribution in [2.45, 2.75) is 18.9 Å². The largest absolute Gasteiger partial charge is 0.496 e. The molecule has 0 spiro atoms. The highest BCUT2D eigenvalue weighted by Gasteiger charge is 2.20. The second-order valence-electron chi connectivity index (χ2n) is 4.50. The Kier molecular flexibility index (Phi) is 4.68. The Bertz CT molecular complexity index is 489. The van der Waals surface area contributed by atoms with Crippen LogP contribution < -0.4 is 19.9 Å². The summed E-state index contributed by atoms with van der Waals surface area (Å²) in [5.41, 5.74) is 6.57. The smallest absolute Gasteiger partial charge is 0.322 e. The van der Waals surface area contributed by atoms with Crippen molar-refractivity contribution in [1.29, 1.82) is 0 Å². The van der Waals surface area contributed by atoms with Crippen LogP contribution in [0.1, 0.15) is 12.0 Å². The van der Waals surface area contributed by atoms with Gasteiger partial charge in [-0.25, -0.2) is 0 Å². The van der Waals surface area contributed by atoms with E-state index in [-0.39, 0.29) is 0 Å². The maximum absolute atomic E-state index is 11.4. The first-order valence-corrected chi connectivity index (χ1v) is 6.45. The van der Waals surface area contributed by atoms with E-state index in [4.69, 9.17) is 19.9 Å². The van der Waals surface area contributed by atoms with Gasteiger partial charge in [0.1, 0.15) is 11.8 Å². The molecule has 6 heteroatoms. The Labute approximate surface area is 117 Å². The third kappa shape index (κ3) is 3.14. The molecule has 0 amide bonds. The van der Waals surface area contributed by atoms with Gasteiger partial charge in [0.05, 0.1) is 27.4 Å². The lowest BCUT2D eigenvalue weighted by atomic mass is 10.0. The summed E-state index contributed by atoms with van der Waals surface area (Å²) < 4.78 is 21.2. The molecule has 2 rings (SSSR count). The first-order valence-electron chi connectivity index (χ1n) is 6.45. The van der Waals surface area contributed by atoms with Gasteiger partial charge in [0.25, 0.3) is 0 Å². The van der Waals surface area contributed by atoms with E-state index in [1.807, 2.05) is 6.07 Å². The van der Waals surface area contributed by atoms with E-state index in [0.29, 0.717) is 36.9 Å². The lowest BCUT2D eigenvalue weighted by Gasteiger charge is -2.16. The summed E-state index contributed by atoms with van der Waals surface area (Å²) in [6.45, 7) is 1.21. The number of hydrogen-bond donors (Lipinski definition) is 1. The number of carbonyl (C=O) groups excluding carboxylic acids is 1. The van der Waals surface area contributed by atoms with Gasteiger partial charge in [0, 0.05) is 24.5 Å². The second-order valence-corrected chi connectivity index (χ2v) is 4.50. The van der Waals surface area contributed by atoms with Crippen molar-refractivity contribution >= 4 is 5.97 Å². The Hall–Kier alpha value is -1.95. The number of ether oxygens (including phenoxy) is 4. The van der Waals surface area contributed by atoms with Crippen molar-refractivity contribution in [3.63, 3.8) is 0 Å². The monoisotopic (exact) mass is 281 g/mol. The molecule has 2 N–H and O–H groups in total. The lowest BCUT2D eigenvalue weighted by molar-refractivity contribution is -0.142. The quantitative estimate of drug-likeness (QED) is 0.826. The number of benzene rings is 1. The highest BCUT2D eigenvalue weighted by molar-refractivity contribution is 5.76. The zero-order chi connectivity index (χ0) is 14.5. The van der Waals surface area contributed by atoms with Gasteiger partial charge in [-0.2, -0.15) is 0 Å². The Morgan fingerprint density at radius 3 is 2.55 bits per heavy atom. The number of fused-ring (bicyclic) bond motifs is 1. The van der Waals surface area contributed by atoms with Crippen LogP contribution >= 0.6 is 0 Å². The van der Waals surface area contributed by atoms with Gasteiger partial charge in [0.2, 0.25) is 0 Å². The number of methoxy groups -OCH3 is 2. The summed E-state index contributed by atoms with van der Waals surface area (Å²) >= 11 is 0. The molecule has 1 aliphatic heterocycles. The minimum absolute atomic E-state index is 0.312. The van der Waals surface area contributed by atoms with Crippen LogP contribution in [0.2, 0.25) is 0 Å². The van der Waals surface area contributed by atoms with E-state index >= 15 is 0 Å². The molecule has 1 unspecified atom stereocenters. The molecule has 20 heavy (non-hydrogen) atoms. The molecule has 0 bridgehead atoms. The highest BCUT2D eigenvalue weighted by atomic mass is 16.5. The van der Waals surface area contributed by atoms with E-state index < -0.39 is 12.0 Å². The van der Waals surface area contributed by atoms with Gasteiger partial charge >= 0.3 is 5.97 Å². The average molecular weight is 281 g/mol. The van der Waals surface area contributed by atoms with Crippen LogP contribution in [-0.2, 0) is 16.0 Å². The summed E-state index contributed by atoms with van der Waals surface area (Å²) in [6.07, 6.45) is 1.14. The fraction of sp³-hybridized carbons (Fsp3) is 0.500. The van der Waals surface area contributed by atoms with Crippen LogP contribution in [0.5, 0.6) is 17.2 Å². The molecule has 1 aromatic rings. The van der Waals surface area contributed by atoms with Crippen LogP contribution in [-0.4, -0.2) is 39.4 Å². The Morgan fingerprint density at radius 1 is 1.30 bits per heavy atom. The normalized spacial score (nSPS) is 15.2. The van der Waals surface area contributed by atoms with Gasteiger partial charge in [0.15, 0.2) is 11.5 Å². The van der Waals surface area contributed by atoms with Crippen molar-refractivity contribution in [1.82, 2.24) is 0 Å². The zero-order valence-electron chi connectivity index (χ0n) is 11.7. The minimum Gasteiger partial charge on any atom is -0.496 e. The Morgan fingerprint density at radius 2 is 1.95 bits per heavy atom. The topological polar surface area (TPSA) is 80.0 Å². The van der Waals surface area contributed by atoms with E-state index in [9.17, 15) is 4.79 Å². The van der Waals surface area contributed by atoms with E-state index in [1.165, 1.54) is 7.11 Å². The van der Waals surface area contributed by atoms with Crippen LogP contribution in [0.3, 0.4) is 0 Å². The molecular formula is C14H19NO5. The minimum atomic E-state index is -0.737. The number of rotatable bonds is 4. The fourth-order valence-corrected chi connectivity index (χ4v) is 2.05. The molecule has 1 aliphatic rings. The van der Waals surface area contributed by atoms with Gasteiger partial charge in [-0.15, -0.1) is 0 Å².